The molecule has 0 unspecified atom stereocenters. The van der Waals surface area contributed by atoms with Crippen molar-refractivity contribution >= 4 is 38.1 Å². The lowest BCUT2D eigenvalue weighted by Crippen LogP contribution is -2.08. The minimum Gasteiger partial charge on any atom is -0.496 e. The zero-order chi connectivity index (χ0) is 20.2. The lowest BCUT2D eigenvalue weighted by Gasteiger charge is -2.15. The Kier molecular flexibility index (Phi) is 5.58. The molecule has 5 heteroatoms. The van der Waals surface area contributed by atoms with Crippen molar-refractivity contribution in [2.75, 3.05) is 12.5 Å². The summed E-state index contributed by atoms with van der Waals surface area (Å²) in [6, 6.07) is 25.9. The van der Waals surface area contributed by atoms with E-state index < -0.39 is 0 Å². The van der Waals surface area contributed by atoms with Crippen molar-refractivity contribution in [2.45, 2.75) is 0 Å². The van der Waals surface area contributed by atoms with E-state index in [0.29, 0.717) is 5.71 Å². The van der Waals surface area contributed by atoms with Crippen LogP contribution in [0.4, 0.5) is 10.1 Å². The zero-order valence-corrected chi connectivity index (χ0v) is 17.3. The van der Waals surface area contributed by atoms with E-state index >= 15 is 0 Å². The molecule has 4 aromatic carbocycles. The van der Waals surface area contributed by atoms with Crippen LogP contribution in [0.2, 0.25) is 0 Å². The molecule has 4 rings (SSSR count). The Morgan fingerprint density at radius 2 is 1.55 bits per heavy atom. The first kappa shape index (κ1) is 19.2. The number of hydrogen-bond acceptors (Lipinski definition) is 3. The fourth-order valence-corrected chi connectivity index (χ4v) is 3.82. The Bertz CT molecular complexity index is 1170. The number of hydrogen-bond donors (Lipinski definition) is 1. The number of anilines is 1. The van der Waals surface area contributed by atoms with Crippen LogP contribution < -0.4 is 10.2 Å². The molecule has 0 atom stereocenters. The third-order valence-electron chi connectivity index (χ3n) is 4.60. The lowest BCUT2D eigenvalue weighted by atomic mass is 9.98. The molecular weight excluding hydrogens is 431 g/mol. The van der Waals surface area contributed by atoms with Gasteiger partial charge in [0.1, 0.15) is 11.6 Å². The summed E-state index contributed by atoms with van der Waals surface area (Å²) in [5, 5.41) is 6.68. The van der Waals surface area contributed by atoms with Crippen LogP contribution in [-0.4, -0.2) is 12.8 Å². The SMILES string of the molecule is COc1cc(C(=NNc2ccccc2)c2ccc(F)cc2)c(Br)c2ccccc12. The predicted molar refractivity (Wildman–Crippen MR) is 120 cm³/mol. The second-order valence-electron chi connectivity index (χ2n) is 6.43. The van der Waals surface area contributed by atoms with Crippen LogP contribution in [0.3, 0.4) is 0 Å². The smallest absolute Gasteiger partial charge is 0.127 e. The van der Waals surface area contributed by atoms with E-state index in [2.05, 4.69) is 26.5 Å². The number of methoxy groups -OCH3 is 1. The lowest BCUT2D eigenvalue weighted by molar-refractivity contribution is 0.419. The van der Waals surface area contributed by atoms with E-state index in [-0.39, 0.29) is 5.82 Å². The fourth-order valence-electron chi connectivity index (χ4n) is 3.17. The molecule has 0 heterocycles. The summed E-state index contributed by atoms with van der Waals surface area (Å²) in [5.74, 6) is 0.451. The van der Waals surface area contributed by atoms with Gasteiger partial charge in [-0.05, 0) is 58.4 Å². The molecule has 0 aliphatic carbocycles. The van der Waals surface area contributed by atoms with E-state index in [1.807, 2.05) is 60.7 Å². The number of ether oxygens (including phenoxy) is 1. The first-order valence-electron chi connectivity index (χ1n) is 9.07. The first-order valence-corrected chi connectivity index (χ1v) is 9.87. The summed E-state index contributed by atoms with van der Waals surface area (Å²) < 4.78 is 20.1. The number of rotatable bonds is 5. The normalized spacial score (nSPS) is 11.5. The molecule has 4 aromatic rings. The molecule has 0 spiro atoms. The third-order valence-corrected chi connectivity index (χ3v) is 5.46. The van der Waals surface area contributed by atoms with Gasteiger partial charge in [-0.25, -0.2) is 4.39 Å². The molecule has 0 saturated heterocycles. The molecule has 0 radical (unpaired) electrons. The monoisotopic (exact) mass is 448 g/mol. The van der Waals surface area contributed by atoms with Crippen LogP contribution in [-0.2, 0) is 0 Å². The van der Waals surface area contributed by atoms with Crippen LogP contribution in [0.1, 0.15) is 11.1 Å². The topological polar surface area (TPSA) is 33.6 Å². The maximum atomic E-state index is 13.5. The third kappa shape index (κ3) is 4.00. The van der Waals surface area contributed by atoms with Crippen LogP contribution in [0.15, 0.2) is 94.5 Å². The van der Waals surface area contributed by atoms with E-state index in [0.717, 1.165) is 37.8 Å². The minimum absolute atomic E-state index is 0.292. The van der Waals surface area contributed by atoms with E-state index in [9.17, 15) is 4.39 Å². The number of nitrogens with zero attached hydrogens (tertiary/aromatic N) is 1. The van der Waals surface area contributed by atoms with Crippen molar-refractivity contribution in [1.82, 2.24) is 0 Å². The van der Waals surface area contributed by atoms with Gasteiger partial charge in [-0.3, -0.25) is 5.43 Å². The van der Waals surface area contributed by atoms with E-state index in [1.54, 1.807) is 19.2 Å². The highest BCUT2D eigenvalue weighted by molar-refractivity contribution is 9.10. The molecule has 0 fully saturated rings. The standard InChI is InChI=1S/C24H18BrFN2O/c1-29-22-15-21(23(25)20-10-6-5-9-19(20)22)24(16-11-13-17(26)14-12-16)28-27-18-7-3-2-4-8-18/h2-15,27H,1H3. The Hall–Kier alpha value is -3.18. The van der Waals surface area contributed by atoms with Gasteiger partial charge in [0.25, 0.3) is 0 Å². The average molecular weight is 449 g/mol. The molecule has 0 bridgehead atoms. The van der Waals surface area contributed by atoms with Crippen molar-refractivity contribution in [1.29, 1.82) is 0 Å². The molecule has 1 N–H and O–H groups in total. The Balaban J connectivity index is 1.91. The number of benzene rings is 4. The van der Waals surface area contributed by atoms with Crippen molar-refractivity contribution in [3.63, 3.8) is 0 Å². The Morgan fingerprint density at radius 3 is 2.24 bits per heavy atom. The van der Waals surface area contributed by atoms with Crippen molar-refractivity contribution in [3.05, 3.63) is 106 Å². The van der Waals surface area contributed by atoms with Crippen molar-refractivity contribution in [2.24, 2.45) is 5.10 Å². The van der Waals surface area contributed by atoms with Crippen molar-refractivity contribution in [3.8, 4) is 5.75 Å². The number of hydrazone groups is 1. The summed E-state index contributed by atoms with van der Waals surface area (Å²) in [7, 11) is 1.65. The summed E-state index contributed by atoms with van der Waals surface area (Å²) in [6.45, 7) is 0. The molecule has 0 aliphatic heterocycles. The van der Waals surface area contributed by atoms with Gasteiger partial charge in [0.2, 0.25) is 0 Å². The minimum atomic E-state index is -0.292. The maximum absolute atomic E-state index is 13.5. The molecule has 3 nitrogen and oxygen atoms in total. The van der Waals surface area contributed by atoms with Gasteiger partial charge in [0.05, 0.1) is 18.5 Å². The van der Waals surface area contributed by atoms with Crippen LogP contribution in [0.25, 0.3) is 10.8 Å². The molecule has 0 saturated carbocycles. The van der Waals surface area contributed by atoms with Gasteiger partial charge < -0.3 is 4.74 Å². The van der Waals surface area contributed by atoms with Crippen LogP contribution in [0, 0.1) is 5.82 Å². The maximum Gasteiger partial charge on any atom is 0.127 e. The second-order valence-corrected chi connectivity index (χ2v) is 7.22. The summed E-state index contributed by atoms with van der Waals surface area (Å²) in [6.07, 6.45) is 0. The van der Waals surface area contributed by atoms with E-state index in [1.165, 1.54) is 12.1 Å². The highest BCUT2D eigenvalue weighted by atomic mass is 79.9. The Labute approximate surface area is 177 Å². The largest absolute Gasteiger partial charge is 0.496 e. The quantitative estimate of drug-likeness (QED) is 0.275. The van der Waals surface area contributed by atoms with Gasteiger partial charge in [-0.15, -0.1) is 0 Å². The average Bonchev–Trinajstić information content (AvgIpc) is 2.77. The molecule has 29 heavy (non-hydrogen) atoms. The van der Waals surface area contributed by atoms with E-state index in [4.69, 9.17) is 4.74 Å². The second kappa shape index (κ2) is 8.45. The summed E-state index contributed by atoms with van der Waals surface area (Å²) in [5.41, 5.74) is 6.26. The highest BCUT2D eigenvalue weighted by Crippen LogP contribution is 2.36. The Morgan fingerprint density at radius 1 is 0.897 bits per heavy atom. The van der Waals surface area contributed by atoms with Gasteiger partial charge in [0.15, 0.2) is 0 Å². The predicted octanol–water partition coefficient (Wildman–Crippen LogP) is 6.61. The van der Waals surface area contributed by atoms with Crippen molar-refractivity contribution < 1.29 is 9.13 Å². The fraction of sp³-hybridized carbons (Fsp3) is 0.0417. The summed E-state index contributed by atoms with van der Waals surface area (Å²) in [4.78, 5) is 0. The highest BCUT2D eigenvalue weighted by Gasteiger charge is 2.17. The van der Waals surface area contributed by atoms with Gasteiger partial charge in [0, 0.05) is 26.4 Å². The number of para-hydroxylation sites is 1. The summed E-state index contributed by atoms with van der Waals surface area (Å²) >= 11 is 3.75. The number of nitrogens with one attached hydrogen (secondary N) is 1. The van der Waals surface area contributed by atoms with Gasteiger partial charge in [-0.1, -0.05) is 42.5 Å². The zero-order valence-electron chi connectivity index (χ0n) is 15.7. The molecular formula is C24H18BrFN2O. The first-order chi connectivity index (χ1) is 14.2. The molecule has 144 valence electrons. The molecule has 0 amide bonds. The van der Waals surface area contributed by atoms with Crippen LogP contribution in [0.5, 0.6) is 5.75 Å². The van der Waals surface area contributed by atoms with Gasteiger partial charge >= 0.3 is 0 Å². The molecule has 0 aliphatic rings. The number of halogens is 2. The molecule has 0 aromatic heterocycles. The number of fused-ring (bicyclic) bond motifs is 1. The van der Waals surface area contributed by atoms with Gasteiger partial charge in [-0.2, -0.15) is 5.10 Å². The van der Waals surface area contributed by atoms with Crippen LogP contribution >= 0.6 is 15.9 Å².